The molecule has 0 spiro atoms. The molecular formula is C18H26N4O5S2. The van der Waals surface area contributed by atoms with Crippen LogP contribution in [0.5, 0.6) is 0 Å². The molecule has 11 heteroatoms. The van der Waals surface area contributed by atoms with Crippen molar-refractivity contribution < 1.29 is 21.6 Å². The Labute approximate surface area is 171 Å². The number of nitrogens with one attached hydrogen (secondary N) is 2. The summed E-state index contributed by atoms with van der Waals surface area (Å²) in [6, 6.07) is 6.14. The van der Waals surface area contributed by atoms with Crippen molar-refractivity contribution in [3.8, 4) is 0 Å². The largest absolute Gasteiger partial charge is 0.345 e. The highest BCUT2D eigenvalue weighted by atomic mass is 32.2. The number of amides is 1. The van der Waals surface area contributed by atoms with Gasteiger partial charge in [-0.15, -0.1) is 0 Å². The van der Waals surface area contributed by atoms with Gasteiger partial charge in [0.2, 0.25) is 20.0 Å². The maximum atomic E-state index is 12.7. The highest BCUT2D eigenvalue weighted by Crippen LogP contribution is 2.23. The summed E-state index contributed by atoms with van der Waals surface area (Å²) in [6.07, 6.45) is 2.44. The average molecular weight is 443 g/mol. The molecule has 1 aromatic heterocycles. The quantitative estimate of drug-likeness (QED) is 0.648. The van der Waals surface area contributed by atoms with E-state index in [4.69, 9.17) is 0 Å². The number of anilines is 2. The van der Waals surface area contributed by atoms with Crippen LogP contribution in [0.25, 0.3) is 0 Å². The van der Waals surface area contributed by atoms with Crippen molar-refractivity contribution in [2.24, 2.45) is 7.05 Å². The smallest absolute Gasteiger partial charge is 0.272 e. The molecule has 1 heterocycles. The molecule has 0 atom stereocenters. The molecule has 2 N–H and O–H groups in total. The molecule has 9 nitrogen and oxygen atoms in total. The van der Waals surface area contributed by atoms with E-state index in [1.807, 2.05) is 0 Å². The summed E-state index contributed by atoms with van der Waals surface area (Å²) in [4.78, 5) is 12.7. The van der Waals surface area contributed by atoms with Crippen LogP contribution in [0.2, 0.25) is 0 Å². The molecule has 0 aliphatic carbocycles. The zero-order valence-electron chi connectivity index (χ0n) is 17.1. The Morgan fingerprint density at radius 1 is 1.10 bits per heavy atom. The summed E-state index contributed by atoms with van der Waals surface area (Å²) >= 11 is 0. The maximum Gasteiger partial charge on any atom is 0.272 e. The van der Waals surface area contributed by atoms with Gasteiger partial charge in [-0.3, -0.25) is 9.52 Å². The fourth-order valence-corrected chi connectivity index (χ4v) is 4.97. The SMILES string of the molecule is CCN(CC)S(=O)(=O)c1cc(C(=O)Nc2ccc(C)c(NS(C)(=O)=O)c2)n(C)c1. The molecule has 0 saturated heterocycles. The van der Waals surface area contributed by atoms with Crippen LogP contribution in [0.3, 0.4) is 0 Å². The van der Waals surface area contributed by atoms with E-state index < -0.39 is 26.0 Å². The number of hydrogen-bond acceptors (Lipinski definition) is 5. The summed E-state index contributed by atoms with van der Waals surface area (Å²) in [5.74, 6) is -0.511. The van der Waals surface area contributed by atoms with Gasteiger partial charge in [0.25, 0.3) is 5.91 Å². The van der Waals surface area contributed by atoms with Crippen LogP contribution in [0.15, 0.2) is 35.4 Å². The molecule has 0 radical (unpaired) electrons. The van der Waals surface area contributed by atoms with Crippen molar-refractivity contribution in [2.45, 2.75) is 25.7 Å². The molecule has 0 fully saturated rings. The Bertz CT molecular complexity index is 1120. The van der Waals surface area contributed by atoms with E-state index in [0.29, 0.717) is 30.0 Å². The third-order valence-corrected chi connectivity index (χ3v) is 6.95. The molecule has 160 valence electrons. The monoisotopic (exact) mass is 442 g/mol. The summed E-state index contributed by atoms with van der Waals surface area (Å²) < 4.78 is 53.5. The van der Waals surface area contributed by atoms with Crippen LogP contribution in [-0.4, -0.2) is 51.0 Å². The zero-order valence-corrected chi connectivity index (χ0v) is 18.7. The summed E-state index contributed by atoms with van der Waals surface area (Å²) in [5, 5.41) is 2.67. The molecule has 0 aliphatic heterocycles. The van der Waals surface area contributed by atoms with E-state index in [1.165, 1.54) is 27.2 Å². The first kappa shape index (κ1) is 22.9. The predicted octanol–water partition coefficient (Wildman–Crippen LogP) is 1.99. The number of rotatable bonds is 8. The van der Waals surface area contributed by atoms with Gasteiger partial charge in [0.1, 0.15) is 10.6 Å². The van der Waals surface area contributed by atoms with Gasteiger partial charge >= 0.3 is 0 Å². The molecule has 0 unspecified atom stereocenters. The van der Waals surface area contributed by atoms with Gasteiger partial charge in [-0.1, -0.05) is 19.9 Å². The molecule has 1 aromatic carbocycles. The third-order valence-electron chi connectivity index (χ3n) is 4.35. The van der Waals surface area contributed by atoms with Crippen molar-refractivity contribution in [3.05, 3.63) is 41.7 Å². The second-order valence-corrected chi connectivity index (χ2v) is 10.3. The van der Waals surface area contributed by atoms with Gasteiger partial charge in [-0.2, -0.15) is 4.31 Å². The fraction of sp³-hybridized carbons (Fsp3) is 0.389. The number of aromatic nitrogens is 1. The first-order chi connectivity index (χ1) is 13.4. The van der Waals surface area contributed by atoms with Crippen LogP contribution < -0.4 is 10.0 Å². The van der Waals surface area contributed by atoms with E-state index in [0.717, 1.165) is 6.26 Å². The second kappa shape index (κ2) is 8.56. The highest BCUT2D eigenvalue weighted by Gasteiger charge is 2.25. The number of sulfonamides is 2. The lowest BCUT2D eigenvalue weighted by Crippen LogP contribution is -2.30. The van der Waals surface area contributed by atoms with Gasteiger partial charge < -0.3 is 9.88 Å². The Kier molecular flexibility index (Phi) is 6.76. The first-order valence-electron chi connectivity index (χ1n) is 8.95. The van der Waals surface area contributed by atoms with E-state index in [-0.39, 0.29) is 10.6 Å². The average Bonchev–Trinajstić information content (AvgIpc) is 3.00. The van der Waals surface area contributed by atoms with Crippen molar-refractivity contribution in [3.63, 3.8) is 0 Å². The number of carbonyl (C=O) groups is 1. The molecule has 2 rings (SSSR count). The number of aryl methyl sites for hydroxylation is 2. The topological polar surface area (TPSA) is 118 Å². The standard InChI is InChI=1S/C18H26N4O5S2/c1-6-22(7-2)29(26,27)15-11-17(21(4)12-15)18(23)19-14-9-8-13(3)16(10-14)20-28(5,24)25/h8-12,20H,6-7H2,1-5H3,(H,19,23). The molecule has 29 heavy (non-hydrogen) atoms. The van der Waals surface area contributed by atoms with Crippen molar-refractivity contribution in [1.29, 1.82) is 0 Å². The Morgan fingerprint density at radius 3 is 2.28 bits per heavy atom. The van der Waals surface area contributed by atoms with Crippen molar-refractivity contribution in [2.75, 3.05) is 29.4 Å². The summed E-state index contributed by atoms with van der Waals surface area (Å²) in [6.45, 7) is 5.89. The van der Waals surface area contributed by atoms with Crippen LogP contribution >= 0.6 is 0 Å². The van der Waals surface area contributed by atoms with E-state index in [1.54, 1.807) is 40.0 Å². The Morgan fingerprint density at radius 2 is 1.72 bits per heavy atom. The maximum absolute atomic E-state index is 12.7. The van der Waals surface area contributed by atoms with Gasteiger partial charge in [0.15, 0.2) is 0 Å². The minimum absolute atomic E-state index is 0.0391. The van der Waals surface area contributed by atoms with E-state index in [2.05, 4.69) is 10.0 Å². The second-order valence-electron chi connectivity index (χ2n) is 6.62. The van der Waals surface area contributed by atoms with Gasteiger partial charge in [0.05, 0.1) is 11.9 Å². The number of hydrogen-bond donors (Lipinski definition) is 2. The molecule has 0 aliphatic rings. The van der Waals surface area contributed by atoms with Gasteiger partial charge in [-0.25, -0.2) is 16.8 Å². The van der Waals surface area contributed by atoms with Crippen molar-refractivity contribution >= 4 is 37.3 Å². The normalized spacial score (nSPS) is 12.2. The predicted molar refractivity (Wildman–Crippen MR) is 113 cm³/mol. The molecule has 2 aromatic rings. The summed E-state index contributed by atoms with van der Waals surface area (Å²) in [7, 11) is -5.57. The minimum Gasteiger partial charge on any atom is -0.345 e. The molecule has 0 saturated carbocycles. The molecule has 1 amide bonds. The molecule has 0 bridgehead atoms. The first-order valence-corrected chi connectivity index (χ1v) is 12.3. The van der Waals surface area contributed by atoms with Crippen LogP contribution in [0, 0.1) is 6.92 Å². The Balaban J connectivity index is 2.31. The van der Waals surface area contributed by atoms with Gasteiger partial charge in [0, 0.05) is 32.0 Å². The van der Waals surface area contributed by atoms with Crippen LogP contribution in [0.4, 0.5) is 11.4 Å². The highest BCUT2D eigenvalue weighted by molar-refractivity contribution is 7.92. The lowest BCUT2D eigenvalue weighted by Gasteiger charge is -2.17. The summed E-state index contributed by atoms with van der Waals surface area (Å²) in [5.41, 5.74) is 1.58. The van der Waals surface area contributed by atoms with E-state index >= 15 is 0 Å². The third kappa shape index (κ3) is 5.37. The Hall–Kier alpha value is -2.37. The van der Waals surface area contributed by atoms with Gasteiger partial charge in [-0.05, 0) is 30.7 Å². The van der Waals surface area contributed by atoms with Crippen molar-refractivity contribution in [1.82, 2.24) is 8.87 Å². The number of benzene rings is 1. The minimum atomic E-state index is -3.69. The number of carbonyl (C=O) groups excluding carboxylic acids is 1. The van der Waals surface area contributed by atoms with E-state index in [9.17, 15) is 21.6 Å². The zero-order chi connectivity index (χ0) is 22.0. The van der Waals surface area contributed by atoms with Crippen LogP contribution in [-0.2, 0) is 27.1 Å². The lowest BCUT2D eigenvalue weighted by atomic mass is 10.2. The van der Waals surface area contributed by atoms with Crippen LogP contribution in [0.1, 0.15) is 29.9 Å². The lowest BCUT2D eigenvalue weighted by molar-refractivity contribution is 0.101. The number of nitrogens with zero attached hydrogens (tertiary/aromatic N) is 2. The molecular weight excluding hydrogens is 416 g/mol. The fourth-order valence-electron chi connectivity index (χ4n) is 2.82.